The molecular weight excluding hydrogens is 330 g/mol. The van der Waals surface area contributed by atoms with Crippen molar-refractivity contribution in [3.05, 3.63) is 62.5 Å². The fraction of sp³-hybridized carbons (Fsp3) is 0.188. The molecule has 0 aliphatic rings. The van der Waals surface area contributed by atoms with Crippen molar-refractivity contribution in [2.45, 2.75) is 19.9 Å². The second-order valence-corrected chi connectivity index (χ2v) is 6.03. The van der Waals surface area contributed by atoms with Crippen molar-refractivity contribution in [1.29, 1.82) is 0 Å². The lowest BCUT2D eigenvalue weighted by atomic mass is 10.0. The number of aromatic nitrogens is 2. The summed E-state index contributed by atoms with van der Waals surface area (Å²) in [7, 11) is 0. The van der Waals surface area contributed by atoms with Crippen LogP contribution < -0.4 is 11.0 Å². The highest BCUT2D eigenvalue weighted by molar-refractivity contribution is 9.10. The van der Waals surface area contributed by atoms with E-state index in [9.17, 15) is 4.79 Å². The number of anilines is 1. The number of benzene rings is 2. The number of nitrogens with one attached hydrogen (secondary N) is 3. The zero-order chi connectivity index (χ0) is 15.0. The van der Waals surface area contributed by atoms with E-state index in [1.54, 1.807) is 0 Å². The van der Waals surface area contributed by atoms with Gasteiger partial charge in [0.05, 0.1) is 16.7 Å². The summed E-state index contributed by atoms with van der Waals surface area (Å²) in [5.41, 5.74) is 4.86. The molecule has 0 spiro atoms. The van der Waals surface area contributed by atoms with Crippen LogP contribution in [0.2, 0.25) is 0 Å². The normalized spacial score (nSPS) is 12.5. The largest absolute Gasteiger partial charge is 0.378 e. The standard InChI is InChI=1S/C16H16BrN3O/c1-9-5-3-4-6-11(9)10(2)18-13-8-15-14(7-12(13)17)19-16(21)20-15/h3-8,10,18H,1-2H3,(H2,19,20,21). The van der Waals surface area contributed by atoms with Crippen LogP contribution in [0.4, 0.5) is 5.69 Å². The van der Waals surface area contributed by atoms with Gasteiger partial charge in [0, 0.05) is 10.5 Å². The zero-order valence-corrected chi connectivity index (χ0v) is 13.4. The van der Waals surface area contributed by atoms with E-state index < -0.39 is 0 Å². The van der Waals surface area contributed by atoms with Gasteiger partial charge in [0.1, 0.15) is 0 Å². The molecule has 0 amide bonds. The number of aromatic amines is 2. The molecule has 0 radical (unpaired) electrons. The van der Waals surface area contributed by atoms with E-state index in [2.05, 4.69) is 57.2 Å². The maximum atomic E-state index is 11.4. The first-order chi connectivity index (χ1) is 10.0. The SMILES string of the molecule is Cc1ccccc1C(C)Nc1cc2[nH]c(=O)[nH]c2cc1Br. The van der Waals surface area contributed by atoms with Gasteiger partial charge in [0.15, 0.2) is 0 Å². The molecule has 21 heavy (non-hydrogen) atoms. The summed E-state index contributed by atoms with van der Waals surface area (Å²) in [5.74, 6) is 0. The van der Waals surface area contributed by atoms with E-state index in [1.807, 2.05) is 24.3 Å². The van der Waals surface area contributed by atoms with E-state index in [4.69, 9.17) is 0 Å². The van der Waals surface area contributed by atoms with Crippen LogP contribution in [0, 0.1) is 6.92 Å². The molecule has 1 heterocycles. The lowest BCUT2D eigenvalue weighted by molar-refractivity contribution is 0.873. The summed E-state index contributed by atoms with van der Waals surface area (Å²) < 4.78 is 0.922. The van der Waals surface area contributed by atoms with Crippen LogP contribution in [-0.2, 0) is 0 Å². The number of hydrogen-bond acceptors (Lipinski definition) is 2. The van der Waals surface area contributed by atoms with Crippen molar-refractivity contribution in [3.8, 4) is 0 Å². The quantitative estimate of drug-likeness (QED) is 0.669. The molecule has 0 aliphatic carbocycles. The summed E-state index contributed by atoms with van der Waals surface area (Å²) in [6.07, 6.45) is 0. The predicted molar refractivity (Wildman–Crippen MR) is 89.8 cm³/mol. The summed E-state index contributed by atoms with van der Waals surface area (Å²) in [6.45, 7) is 4.23. The molecule has 0 saturated heterocycles. The molecule has 1 unspecified atom stereocenters. The highest BCUT2D eigenvalue weighted by Crippen LogP contribution is 2.30. The summed E-state index contributed by atoms with van der Waals surface area (Å²) in [6, 6.07) is 12.3. The second kappa shape index (κ2) is 5.41. The Kier molecular flexibility index (Phi) is 3.59. The van der Waals surface area contributed by atoms with Crippen LogP contribution in [0.15, 0.2) is 45.7 Å². The molecule has 0 aliphatic heterocycles. The van der Waals surface area contributed by atoms with Crippen LogP contribution in [0.3, 0.4) is 0 Å². The first-order valence-electron chi connectivity index (χ1n) is 6.78. The minimum atomic E-state index is -0.194. The number of aryl methyl sites for hydroxylation is 1. The molecule has 3 aromatic rings. The Bertz CT molecular complexity index is 850. The molecule has 108 valence electrons. The van der Waals surface area contributed by atoms with Crippen molar-refractivity contribution in [3.63, 3.8) is 0 Å². The first-order valence-corrected chi connectivity index (χ1v) is 7.57. The lowest BCUT2D eigenvalue weighted by Crippen LogP contribution is -2.08. The molecule has 1 aromatic heterocycles. The van der Waals surface area contributed by atoms with Gasteiger partial charge in [-0.05, 0) is 53.0 Å². The van der Waals surface area contributed by atoms with E-state index in [-0.39, 0.29) is 11.7 Å². The van der Waals surface area contributed by atoms with Crippen molar-refractivity contribution >= 4 is 32.7 Å². The second-order valence-electron chi connectivity index (χ2n) is 5.18. The van der Waals surface area contributed by atoms with Crippen LogP contribution in [0.1, 0.15) is 24.1 Å². The van der Waals surface area contributed by atoms with Crippen molar-refractivity contribution in [2.75, 3.05) is 5.32 Å². The van der Waals surface area contributed by atoms with E-state index >= 15 is 0 Å². The van der Waals surface area contributed by atoms with E-state index in [0.717, 1.165) is 21.2 Å². The topological polar surface area (TPSA) is 60.7 Å². The van der Waals surface area contributed by atoms with Gasteiger partial charge in [-0.2, -0.15) is 0 Å². The molecule has 3 N–H and O–H groups in total. The number of imidazole rings is 1. The van der Waals surface area contributed by atoms with Gasteiger partial charge >= 0.3 is 5.69 Å². The monoisotopic (exact) mass is 345 g/mol. The Morgan fingerprint density at radius 2 is 1.81 bits per heavy atom. The fourth-order valence-corrected chi connectivity index (χ4v) is 3.01. The van der Waals surface area contributed by atoms with Gasteiger partial charge in [-0.3, -0.25) is 0 Å². The molecule has 3 rings (SSSR count). The van der Waals surface area contributed by atoms with Crippen LogP contribution in [0.5, 0.6) is 0 Å². The summed E-state index contributed by atoms with van der Waals surface area (Å²) >= 11 is 3.55. The predicted octanol–water partition coefficient (Wildman–Crippen LogP) is 4.10. The Morgan fingerprint density at radius 3 is 2.52 bits per heavy atom. The number of rotatable bonds is 3. The van der Waals surface area contributed by atoms with E-state index in [0.29, 0.717) is 0 Å². The zero-order valence-electron chi connectivity index (χ0n) is 11.8. The maximum absolute atomic E-state index is 11.4. The first kappa shape index (κ1) is 13.9. The molecular formula is C16H16BrN3O. The molecule has 5 heteroatoms. The highest BCUT2D eigenvalue weighted by atomic mass is 79.9. The van der Waals surface area contributed by atoms with E-state index in [1.165, 1.54) is 11.1 Å². The number of fused-ring (bicyclic) bond motifs is 1. The van der Waals surface area contributed by atoms with Crippen LogP contribution in [0.25, 0.3) is 11.0 Å². The van der Waals surface area contributed by atoms with Crippen LogP contribution >= 0.6 is 15.9 Å². The minimum absolute atomic E-state index is 0.172. The number of halogens is 1. The van der Waals surface area contributed by atoms with Crippen LogP contribution in [-0.4, -0.2) is 9.97 Å². The minimum Gasteiger partial charge on any atom is -0.378 e. The van der Waals surface area contributed by atoms with Gasteiger partial charge < -0.3 is 15.3 Å². The van der Waals surface area contributed by atoms with Gasteiger partial charge in [0.25, 0.3) is 0 Å². The van der Waals surface area contributed by atoms with Crippen molar-refractivity contribution in [2.24, 2.45) is 0 Å². The smallest absolute Gasteiger partial charge is 0.323 e. The summed E-state index contributed by atoms with van der Waals surface area (Å²) in [5, 5.41) is 3.49. The molecule has 0 saturated carbocycles. The molecule has 4 nitrogen and oxygen atoms in total. The fourth-order valence-electron chi connectivity index (χ4n) is 2.55. The lowest BCUT2D eigenvalue weighted by Gasteiger charge is -2.18. The third-order valence-corrected chi connectivity index (χ3v) is 4.29. The van der Waals surface area contributed by atoms with Gasteiger partial charge in [-0.1, -0.05) is 24.3 Å². The van der Waals surface area contributed by atoms with Gasteiger partial charge in [0.2, 0.25) is 0 Å². The molecule has 0 fully saturated rings. The molecule has 2 aromatic carbocycles. The van der Waals surface area contributed by atoms with Crippen molar-refractivity contribution < 1.29 is 0 Å². The Balaban J connectivity index is 1.96. The Hall–Kier alpha value is -2.01. The van der Waals surface area contributed by atoms with Gasteiger partial charge in [-0.25, -0.2) is 4.79 Å². The average molecular weight is 346 g/mol. The average Bonchev–Trinajstić information content (AvgIpc) is 2.78. The molecule has 1 atom stereocenters. The third-order valence-electron chi connectivity index (χ3n) is 3.63. The van der Waals surface area contributed by atoms with Crippen molar-refractivity contribution in [1.82, 2.24) is 9.97 Å². The maximum Gasteiger partial charge on any atom is 0.323 e. The highest BCUT2D eigenvalue weighted by Gasteiger charge is 2.11. The number of hydrogen-bond donors (Lipinski definition) is 3. The molecule has 0 bridgehead atoms. The summed E-state index contributed by atoms with van der Waals surface area (Å²) in [4.78, 5) is 16.9. The Labute approximate surface area is 130 Å². The Morgan fingerprint density at radius 1 is 1.14 bits per heavy atom. The van der Waals surface area contributed by atoms with Gasteiger partial charge in [-0.15, -0.1) is 0 Å². The number of H-pyrrole nitrogens is 2. The third kappa shape index (κ3) is 2.74.